The van der Waals surface area contributed by atoms with Crippen LogP contribution in [-0.4, -0.2) is 10.7 Å². The summed E-state index contributed by atoms with van der Waals surface area (Å²) in [5.74, 6) is 0. The van der Waals surface area contributed by atoms with E-state index in [0.717, 1.165) is 11.3 Å². The second-order valence-electron chi connectivity index (χ2n) is 3.73. The summed E-state index contributed by atoms with van der Waals surface area (Å²) >= 11 is 0. The van der Waals surface area contributed by atoms with Crippen LogP contribution in [0.3, 0.4) is 0 Å². The summed E-state index contributed by atoms with van der Waals surface area (Å²) in [7, 11) is 0. The highest BCUT2D eigenvalue weighted by Crippen LogP contribution is 2.14. The molecule has 66 valence electrons. The van der Waals surface area contributed by atoms with Gasteiger partial charge in [-0.15, -0.1) is 0 Å². The maximum Gasteiger partial charge on any atom is 0.0631 e. The molecule has 3 N–H and O–H groups in total. The average Bonchev–Trinajstić information content (AvgIpc) is 1.82. The van der Waals surface area contributed by atoms with E-state index in [1.165, 1.54) is 0 Å². The van der Waals surface area contributed by atoms with Gasteiger partial charge in [-0.05, 0) is 31.5 Å². The summed E-state index contributed by atoms with van der Waals surface area (Å²) in [6, 6.07) is 7.59. The van der Waals surface area contributed by atoms with Gasteiger partial charge in [0.25, 0.3) is 0 Å². The molecule has 0 unspecified atom stereocenters. The molecule has 0 fully saturated rings. The van der Waals surface area contributed by atoms with Crippen LogP contribution in [0.1, 0.15) is 19.4 Å². The molecule has 0 aliphatic rings. The van der Waals surface area contributed by atoms with Crippen LogP contribution in [0.4, 0.5) is 5.69 Å². The molecule has 0 bridgehead atoms. The average molecular weight is 165 g/mol. The van der Waals surface area contributed by atoms with Crippen LogP contribution in [0.15, 0.2) is 24.3 Å². The van der Waals surface area contributed by atoms with Gasteiger partial charge in [0, 0.05) is 12.1 Å². The zero-order chi connectivity index (χ0) is 9.19. The van der Waals surface area contributed by atoms with Crippen molar-refractivity contribution in [1.29, 1.82) is 0 Å². The van der Waals surface area contributed by atoms with Crippen molar-refractivity contribution >= 4 is 5.69 Å². The van der Waals surface area contributed by atoms with Crippen molar-refractivity contribution in [2.24, 2.45) is 0 Å². The molecule has 12 heavy (non-hydrogen) atoms. The van der Waals surface area contributed by atoms with E-state index in [9.17, 15) is 5.11 Å². The minimum Gasteiger partial charge on any atom is -0.399 e. The predicted molar refractivity (Wildman–Crippen MR) is 50.9 cm³/mol. The third-order valence-electron chi connectivity index (χ3n) is 1.59. The SMILES string of the molecule is CC(C)(O)Cc1cccc(N)c1. The van der Waals surface area contributed by atoms with Crippen LogP contribution in [0.5, 0.6) is 0 Å². The van der Waals surface area contributed by atoms with Gasteiger partial charge in [-0.1, -0.05) is 12.1 Å². The largest absolute Gasteiger partial charge is 0.399 e. The molecule has 2 nitrogen and oxygen atoms in total. The first kappa shape index (κ1) is 9.07. The molecular weight excluding hydrogens is 150 g/mol. The van der Waals surface area contributed by atoms with Gasteiger partial charge in [-0.3, -0.25) is 0 Å². The molecule has 1 rings (SSSR count). The molecule has 0 aliphatic heterocycles. The highest BCUT2D eigenvalue weighted by molar-refractivity contribution is 5.40. The quantitative estimate of drug-likeness (QED) is 0.653. The molecule has 0 atom stereocenters. The molecule has 0 aliphatic carbocycles. The van der Waals surface area contributed by atoms with Crippen molar-refractivity contribution in [2.75, 3.05) is 5.73 Å². The van der Waals surface area contributed by atoms with Crippen LogP contribution >= 0.6 is 0 Å². The van der Waals surface area contributed by atoms with Crippen molar-refractivity contribution in [1.82, 2.24) is 0 Å². The number of benzene rings is 1. The number of rotatable bonds is 2. The van der Waals surface area contributed by atoms with E-state index < -0.39 is 5.60 Å². The van der Waals surface area contributed by atoms with Gasteiger partial charge in [0.15, 0.2) is 0 Å². The number of hydrogen-bond acceptors (Lipinski definition) is 2. The van der Waals surface area contributed by atoms with Crippen LogP contribution in [0.25, 0.3) is 0 Å². The first-order valence-corrected chi connectivity index (χ1v) is 4.04. The monoisotopic (exact) mass is 165 g/mol. The molecule has 0 heterocycles. The van der Waals surface area contributed by atoms with Crippen molar-refractivity contribution < 1.29 is 5.11 Å². The van der Waals surface area contributed by atoms with Crippen LogP contribution < -0.4 is 5.73 Å². The summed E-state index contributed by atoms with van der Waals surface area (Å²) in [5.41, 5.74) is 6.76. The predicted octanol–water partition coefficient (Wildman–Crippen LogP) is 1.58. The second-order valence-corrected chi connectivity index (χ2v) is 3.73. The van der Waals surface area contributed by atoms with E-state index in [0.29, 0.717) is 6.42 Å². The minimum absolute atomic E-state index is 0.637. The van der Waals surface area contributed by atoms with Gasteiger partial charge in [0.2, 0.25) is 0 Å². The van der Waals surface area contributed by atoms with Gasteiger partial charge in [-0.2, -0.15) is 0 Å². The first-order chi connectivity index (χ1) is 5.47. The highest BCUT2D eigenvalue weighted by Gasteiger charge is 2.12. The standard InChI is InChI=1S/C10H15NO/c1-10(2,12)7-8-4-3-5-9(11)6-8/h3-6,12H,7,11H2,1-2H3. The Morgan fingerprint density at radius 1 is 1.42 bits per heavy atom. The Morgan fingerprint density at radius 2 is 2.08 bits per heavy atom. The van der Waals surface area contributed by atoms with Crippen molar-refractivity contribution in [3.05, 3.63) is 29.8 Å². The molecule has 2 heteroatoms. The van der Waals surface area contributed by atoms with Gasteiger partial charge in [0.1, 0.15) is 0 Å². The number of hydrogen-bond donors (Lipinski definition) is 2. The van der Waals surface area contributed by atoms with Gasteiger partial charge in [-0.25, -0.2) is 0 Å². The Labute approximate surface area is 73.0 Å². The number of anilines is 1. The lowest BCUT2D eigenvalue weighted by molar-refractivity contribution is 0.0810. The molecule has 0 saturated carbocycles. The van der Waals surface area contributed by atoms with E-state index in [1.54, 1.807) is 13.8 Å². The lowest BCUT2D eigenvalue weighted by Gasteiger charge is -2.16. The Morgan fingerprint density at radius 3 is 2.58 bits per heavy atom. The molecule has 0 radical (unpaired) electrons. The minimum atomic E-state index is -0.659. The van der Waals surface area contributed by atoms with Crippen LogP contribution in [0.2, 0.25) is 0 Å². The van der Waals surface area contributed by atoms with Gasteiger partial charge < -0.3 is 10.8 Å². The summed E-state index contributed by atoms with van der Waals surface area (Å²) in [6.45, 7) is 3.58. The Kier molecular flexibility index (Phi) is 2.38. The molecule has 0 spiro atoms. The fourth-order valence-corrected chi connectivity index (χ4v) is 1.20. The van der Waals surface area contributed by atoms with E-state index >= 15 is 0 Å². The van der Waals surface area contributed by atoms with E-state index in [1.807, 2.05) is 24.3 Å². The molecule has 0 aromatic heterocycles. The summed E-state index contributed by atoms with van der Waals surface area (Å²) in [5, 5.41) is 9.52. The van der Waals surface area contributed by atoms with Crippen molar-refractivity contribution in [3.63, 3.8) is 0 Å². The van der Waals surface area contributed by atoms with Gasteiger partial charge in [0.05, 0.1) is 5.60 Å². The maximum atomic E-state index is 9.52. The lowest BCUT2D eigenvalue weighted by atomic mass is 9.99. The van der Waals surface area contributed by atoms with E-state index in [4.69, 9.17) is 5.73 Å². The molecule has 1 aromatic rings. The lowest BCUT2D eigenvalue weighted by Crippen LogP contribution is -2.21. The normalized spacial score (nSPS) is 11.6. The van der Waals surface area contributed by atoms with Crippen LogP contribution in [0, 0.1) is 0 Å². The number of nitrogen functional groups attached to an aromatic ring is 1. The number of nitrogens with two attached hydrogens (primary N) is 1. The third kappa shape index (κ3) is 2.93. The van der Waals surface area contributed by atoms with Gasteiger partial charge >= 0.3 is 0 Å². The third-order valence-corrected chi connectivity index (χ3v) is 1.59. The fraction of sp³-hybridized carbons (Fsp3) is 0.400. The summed E-state index contributed by atoms with van der Waals surface area (Å²) < 4.78 is 0. The Bertz CT molecular complexity index is 263. The zero-order valence-electron chi connectivity index (χ0n) is 7.54. The number of aliphatic hydroxyl groups is 1. The molecular formula is C10H15NO. The highest BCUT2D eigenvalue weighted by atomic mass is 16.3. The topological polar surface area (TPSA) is 46.2 Å². The maximum absolute atomic E-state index is 9.52. The summed E-state index contributed by atoms with van der Waals surface area (Å²) in [6.07, 6.45) is 0.637. The molecule has 1 aromatic carbocycles. The zero-order valence-corrected chi connectivity index (χ0v) is 7.54. The Balaban J connectivity index is 2.77. The summed E-state index contributed by atoms with van der Waals surface area (Å²) in [4.78, 5) is 0. The Hall–Kier alpha value is -1.02. The molecule has 0 saturated heterocycles. The first-order valence-electron chi connectivity index (χ1n) is 4.04. The van der Waals surface area contributed by atoms with E-state index in [2.05, 4.69) is 0 Å². The van der Waals surface area contributed by atoms with Crippen molar-refractivity contribution in [3.8, 4) is 0 Å². The fourth-order valence-electron chi connectivity index (χ4n) is 1.20. The molecule has 0 amide bonds. The van der Waals surface area contributed by atoms with Crippen molar-refractivity contribution in [2.45, 2.75) is 25.9 Å². The van der Waals surface area contributed by atoms with E-state index in [-0.39, 0.29) is 0 Å². The second kappa shape index (κ2) is 3.15. The van der Waals surface area contributed by atoms with Crippen LogP contribution in [-0.2, 0) is 6.42 Å². The smallest absolute Gasteiger partial charge is 0.0631 e.